The predicted molar refractivity (Wildman–Crippen MR) is 85.8 cm³/mol. The number of thiazole rings is 1. The lowest BCUT2D eigenvalue weighted by Gasteiger charge is -2.17. The second-order valence-corrected chi connectivity index (χ2v) is 6.74. The summed E-state index contributed by atoms with van der Waals surface area (Å²) in [5.41, 5.74) is 2.39. The number of aromatic nitrogens is 1. The van der Waals surface area contributed by atoms with Gasteiger partial charge in [-0.2, -0.15) is 0 Å². The average molecular weight is 300 g/mol. The number of carbonyl (C=O) groups is 1. The first kappa shape index (κ1) is 14.3. The lowest BCUT2D eigenvalue weighted by molar-refractivity contribution is 0.0939. The van der Waals surface area contributed by atoms with Crippen LogP contribution < -0.4 is 5.32 Å². The Bertz CT molecular complexity index is 628. The number of benzene rings is 1. The number of nitrogens with one attached hydrogen (secondary N) is 1. The van der Waals surface area contributed by atoms with Crippen LogP contribution in [0.5, 0.6) is 0 Å². The third-order valence-electron chi connectivity index (χ3n) is 3.87. The summed E-state index contributed by atoms with van der Waals surface area (Å²) in [7, 11) is 0. The molecule has 1 saturated carbocycles. The van der Waals surface area contributed by atoms with Crippen LogP contribution >= 0.6 is 11.3 Å². The van der Waals surface area contributed by atoms with E-state index >= 15 is 0 Å². The molecular formula is C17H20N2OS. The Morgan fingerprint density at radius 2 is 2.10 bits per heavy atom. The first-order valence-corrected chi connectivity index (χ1v) is 8.32. The molecule has 1 N–H and O–H groups in total. The summed E-state index contributed by atoms with van der Waals surface area (Å²) in [6.45, 7) is 4.16. The highest BCUT2D eigenvalue weighted by Crippen LogP contribution is 2.41. The molecule has 1 aliphatic rings. The number of hydrogen-bond acceptors (Lipinski definition) is 3. The van der Waals surface area contributed by atoms with Gasteiger partial charge < -0.3 is 5.32 Å². The molecule has 1 unspecified atom stereocenters. The van der Waals surface area contributed by atoms with Crippen molar-refractivity contribution >= 4 is 17.2 Å². The topological polar surface area (TPSA) is 42.0 Å². The first-order chi connectivity index (χ1) is 10.2. The zero-order valence-electron chi connectivity index (χ0n) is 12.4. The summed E-state index contributed by atoms with van der Waals surface area (Å²) >= 11 is 1.54. The van der Waals surface area contributed by atoms with Crippen LogP contribution in [-0.2, 0) is 0 Å². The van der Waals surface area contributed by atoms with Crippen LogP contribution in [0.1, 0.15) is 64.0 Å². The van der Waals surface area contributed by atoms with Crippen molar-refractivity contribution in [2.24, 2.45) is 0 Å². The van der Waals surface area contributed by atoms with E-state index in [1.54, 1.807) is 6.20 Å². The second-order valence-electron chi connectivity index (χ2n) is 5.68. The van der Waals surface area contributed by atoms with Crippen molar-refractivity contribution in [1.29, 1.82) is 0 Å². The Labute approximate surface area is 129 Å². The monoisotopic (exact) mass is 300 g/mol. The maximum atomic E-state index is 12.4. The normalized spacial score (nSPS) is 15.7. The Morgan fingerprint density at radius 1 is 1.38 bits per heavy atom. The zero-order valence-corrected chi connectivity index (χ0v) is 13.2. The average Bonchev–Trinajstić information content (AvgIpc) is 3.23. The minimum atomic E-state index is -0.00757. The molecule has 1 fully saturated rings. The van der Waals surface area contributed by atoms with E-state index in [0.29, 0.717) is 5.92 Å². The minimum Gasteiger partial charge on any atom is -0.344 e. The van der Waals surface area contributed by atoms with E-state index in [1.165, 1.54) is 29.7 Å². The number of aryl methyl sites for hydroxylation is 1. The van der Waals surface area contributed by atoms with Gasteiger partial charge in [0, 0.05) is 5.92 Å². The molecule has 1 aliphatic carbocycles. The van der Waals surface area contributed by atoms with Gasteiger partial charge in [0.2, 0.25) is 0 Å². The molecule has 1 aromatic carbocycles. The molecule has 0 bridgehead atoms. The van der Waals surface area contributed by atoms with Gasteiger partial charge >= 0.3 is 0 Å². The molecule has 21 heavy (non-hydrogen) atoms. The number of rotatable bonds is 5. The molecule has 1 aromatic heterocycles. The van der Waals surface area contributed by atoms with E-state index in [0.717, 1.165) is 21.9 Å². The number of amides is 1. The van der Waals surface area contributed by atoms with E-state index in [4.69, 9.17) is 0 Å². The maximum absolute atomic E-state index is 12.4. The second kappa shape index (κ2) is 5.98. The van der Waals surface area contributed by atoms with Gasteiger partial charge in [0.25, 0.3) is 5.91 Å². The van der Waals surface area contributed by atoms with Crippen molar-refractivity contribution in [3.8, 4) is 0 Å². The van der Waals surface area contributed by atoms with Crippen LogP contribution in [0.4, 0.5) is 0 Å². The van der Waals surface area contributed by atoms with Crippen LogP contribution in [0, 0.1) is 6.92 Å². The van der Waals surface area contributed by atoms with Crippen LogP contribution in [-0.4, -0.2) is 10.9 Å². The molecule has 0 spiro atoms. The summed E-state index contributed by atoms with van der Waals surface area (Å²) < 4.78 is 0. The molecule has 0 aliphatic heterocycles. The maximum Gasteiger partial charge on any atom is 0.263 e. The zero-order chi connectivity index (χ0) is 14.8. The van der Waals surface area contributed by atoms with E-state index in [1.807, 2.05) is 0 Å². The number of hydrogen-bond donors (Lipinski definition) is 1. The molecule has 110 valence electrons. The van der Waals surface area contributed by atoms with Gasteiger partial charge in [0.1, 0.15) is 4.88 Å². The van der Waals surface area contributed by atoms with Crippen LogP contribution in [0.15, 0.2) is 30.5 Å². The van der Waals surface area contributed by atoms with Crippen molar-refractivity contribution in [2.75, 3.05) is 0 Å². The Morgan fingerprint density at radius 3 is 2.71 bits per heavy atom. The van der Waals surface area contributed by atoms with E-state index < -0.39 is 0 Å². The lowest BCUT2D eigenvalue weighted by atomic mass is 10.0. The van der Waals surface area contributed by atoms with Gasteiger partial charge in [-0.05, 0) is 31.7 Å². The molecule has 2 aromatic rings. The third-order valence-corrected chi connectivity index (χ3v) is 5.03. The number of nitrogens with zero attached hydrogens (tertiary/aromatic N) is 1. The molecule has 0 saturated heterocycles. The van der Waals surface area contributed by atoms with Crippen molar-refractivity contribution in [3.63, 3.8) is 0 Å². The minimum absolute atomic E-state index is 0.00757. The summed E-state index contributed by atoms with van der Waals surface area (Å²) in [6, 6.07) is 8.41. The lowest BCUT2D eigenvalue weighted by Crippen LogP contribution is -2.27. The third kappa shape index (κ3) is 3.32. The molecule has 1 amide bonds. The smallest absolute Gasteiger partial charge is 0.263 e. The standard InChI is InChI=1S/C17H20N2OS/c1-3-14(12-6-4-11(2)5-7-12)19-16(20)15-10-18-17(21-15)13-8-9-13/h4-7,10,13-14H,3,8-9H2,1-2H3,(H,19,20). The fourth-order valence-corrected chi connectivity index (χ4v) is 3.35. The fraction of sp³-hybridized carbons (Fsp3) is 0.412. The molecule has 0 radical (unpaired) electrons. The van der Waals surface area contributed by atoms with Crippen molar-refractivity contribution in [3.05, 3.63) is 51.5 Å². The van der Waals surface area contributed by atoms with Gasteiger partial charge in [-0.15, -0.1) is 11.3 Å². The van der Waals surface area contributed by atoms with Gasteiger partial charge in [0.05, 0.1) is 17.2 Å². The quantitative estimate of drug-likeness (QED) is 0.898. The van der Waals surface area contributed by atoms with Gasteiger partial charge in [-0.25, -0.2) is 4.98 Å². The van der Waals surface area contributed by atoms with E-state index in [9.17, 15) is 4.79 Å². The summed E-state index contributed by atoms with van der Waals surface area (Å²) in [6.07, 6.45) is 5.03. The highest BCUT2D eigenvalue weighted by molar-refractivity contribution is 7.13. The summed E-state index contributed by atoms with van der Waals surface area (Å²) in [5.74, 6) is 0.599. The highest BCUT2D eigenvalue weighted by Gasteiger charge is 2.27. The molecule has 3 rings (SSSR count). The SMILES string of the molecule is CCC(NC(=O)c1cnc(C2CC2)s1)c1ccc(C)cc1. The Kier molecular flexibility index (Phi) is 4.06. The Balaban J connectivity index is 1.70. The van der Waals surface area contributed by atoms with Crippen molar-refractivity contribution in [1.82, 2.24) is 10.3 Å². The van der Waals surface area contributed by atoms with Crippen LogP contribution in [0.3, 0.4) is 0 Å². The van der Waals surface area contributed by atoms with Crippen LogP contribution in [0.25, 0.3) is 0 Å². The van der Waals surface area contributed by atoms with E-state index in [-0.39, 0.29) is 11.9 Å². The largest absolute Gasteiger partial charge is 0.344 e. The van der Waals surface area contributed by atoms with Crippen molar-refractivity contribution in [2.45, 2.75) is 45.1 Å². The molecular weight excluding hydrogens is 280 g/mol. The molecule has 1 heterocycles. The molecule has 4 heteroatoms. The van der Waals surface area contributed by atoms with E-state index in [2.05, 4.69) is 48.4 Å². The Hall–Kier alpha value is -1.68. The van der Waals surface area contributed by atoms with Crippen LogP contribution in [0.2, 0.25) is 0 Å². The molecule has 3 nitrogen and oxygen atoms in total. The van der Waals surface area contributed by atoms with Gasteiger partial charge in [0.15, 0.2) is 0 Å². The molecule has 1 atom stereocenters. The summed E-state index contributed by atoms with van der Waals surface area (Å²) in [5, 5.41) is 4.24. The van der Waals surface area contributed by atoms with Gasteiger partial charge in [-0.1, -0.05) is 36.8 Å². The van der Waals surface area contributed by atoms with Crippen molar-refractivity contribution < 1.29 is 4.79 Å². The number of carbonyl (C=O) groups excluding carboxylic acids is 1. The first-order valence-electron chi connectivity index (χ1n) is 7.50. The summed E-state index contributed by atoms with van der Waals surface area (Å²) in [4.78, 5) is 17.5. The fourth-order valence-electron chi connectivity index (χ4n) is 2.36. The predicted octanol–water partition coefficient (Wildman–Crippen LogP) is 4.21. The van der Waals surface area contributed by atoms with Gasteiger partial charge in [-0.3, -0.25) is 4.79 Å². The highest BCUT2D eigenvalue weighted by atomic mass is 32.1.